The Morgan fingerprint density at radius 2 is 1.93 bits per heavy atom. The number of anilines is 4. The molecule has 0 saturated carbocycles. The zero-order valence-corrected chi connectivity index (χ0v) is 15.8. The van der Waals surface area contributed by atoms with Crippen LogP contribution < -0.4 is 20.1 Å². The summed E-state index contributed by atoms with van der Waals surface area (Å²) in [5, 5.41) is 6.41. The molecule has 1 aromatic carbocycles. The summed E-state index contributed by atoms with van der Waals surface area (Å²) in [6.07, 6.45) is 6.58. The van der Waals surface area contributed by atoms with Crippen LogP contribution in [0.3, 0.4) is 0 Å². The van der Waals surface area contributed by atoms with E-state index in [0.717, 1.165) is 11.4 Å². The second kappa shape index (κ2) is 6.89. The van der Waals surface area contributed by atoms with Crippen LogP contribution in [0.25, 0.3) is 11.2 Å². The van der Waals surface area contributed by atoms with E-state index in [9.17, 15) is 0 Å². The topological polar surface area (TPSA) is 112 Å². The number of hydrogen-bond acceptors (Lipinski definition) is 9. The van der Waals surface area contributed by atoms with E-state index in [4.69, 9.17) is 9.47 Å². The smallest absolute Gasteiger partial charge is 0.232 e. The van der Waals surface area contributed by atoms with Crippen molar-refractivity contribution in [2.75, 3.05) is 17.4 Å². The Labute approximate surface area is 166 Å². The highest BCUT2D eigenvalue weighted by atomic mass is 16.7. The Hall–Kier alpha value is -3.95. The lowest BCUT2D eigenvalue weighted by Gasteiger charge is -2.12. The maximum atomic E-state index is 5.46. The molecule has 4 aromatic rings. The van der Waals surface area contributed by atoms with Gasteiger partial charge in [-0.05, 0) is 26.0 Å². The van der Waals surface area contributed by atoms with E-state index in [1.54, 1.807) is 24.9 Å². The quantitative estimate of drug-likeness (QED) is 0.529. The van der Waals surface area contributed by atoms with Gasteiger partial charge in [0.2, 0.25) is 12.7 Å². The number of nitrogens with zero attached hydrogens (tertiary/aromatic N) is 6. The molecule has 5 rings (SSSR count). The SMILES string of the molecule is CC(C)n1cnc2c(Nc3ccc4c(c3)OCO4)nc(Nc3cnccn3)nc21. The zero-order chi connectivity index (χ0) is 19.8. The van der Waals surface area contributed by atoms with Crippen molar-refractivity contribution in [3.63, 3.8) is 0 Å². The lowest BCUT2D eigenvalue weighted by molar-refractivity contribution is 0.174. The molecular formula is C19H18N8O2. The van der Waals surface area contributed by atoms with Gasteiger partial charge >= 0.3 is 0 Å². The fourth-order valence-electron chi connectivity index (χ4n) is 3.03. The maximum absolute atomic E-state index is 5.46. The molecule has 0 saturated heterocycles. The summed E-state index contributed by atoms with van der Waals surface area (Å²) in [6, 6.07) is 5.81. The summed E-state index contributed by atoms with van der Waals surface area (Å²) in [6.45, 7) is 4.37. The van der Waals surface area contributed by atoms with Gasteiger partial charge < -0.3 is 24.7 Å². The van der Waals surface area contributed by atoms with Gasteiger partial charge in [0, 0.05) is 30.2 Å². The average Bonchev–Trinajstić information content (AvgIpc) is 3.35. The van der Waals surface area contributed by atoms with Crippen LogP contribution in [0.4, 0.5) is 23.3 Å². The molecule has 2 N–H and O–H groups in total. The van der Waals surface area contributed by atoms with Gasteiger partial charge in [-0.2, -0.15) is 9.97 Å². The molecule has 3 aromatic heterocycles. The van der Waals surface area contributed by atoms with Crippen molar-refractivity contribution in [3.05, 3.63) is 43.1 Å². The monoisotopic (exact) mass is 390 g/mol. The maximum Gasteiger partial charge on any atom is 0.232 e. The summed E-state index contributed by atoms with van der Waals surface area (Å²) in [4.78, 5) is 22.1. The van der Waals surface area contributed by atoms with Crippen molar-refractivity contribution < 1.29 is 9.47 Å². The van der Waals surface area contributed by atoms with Crippen molar-refractivity contribution in [2.45, 2.75) is 19.9 Å². The lowest BCUT2D eigenvalue weighted by atomic mass is 10.2. The number of aromatic nitrogens is 6. The van der Waals surface area contributed by atoms with Gasteiger partial charge in [0.15, 0.2) is 34.3 Å². The van der Waals surface area contributed by atoms with Gasteiger partial charge in [-0.25, -0.2) is 9.97 Å². The third kappa shape index (κ3) is 3.24. The first-order valence-electron chi connectivity index (χ1n) is 9.11. The molecular weight excluding hydrogens is 372 g/mol. The molecule has 0 amide bonds. The zero-order valence-electron chi connectivity index (χ0n) is 15.8. The molecule has 0 radical (unpaired) electrons. The van der Waals surface area contributed by atoms with Gasteiger partial charge in [-0.3, -0.25) is 4.98 Å². The van der Waals surface area contributed by atoms with Crippen LogP contribution >= 0.6 is 0 Å². The molecule has 146 valence electrons. The Bertz CT molecular complexity index is 1180. The minimum absolute atomic E-state index is 0.192. The molecule has 10 heteroatoms. The number of ether oxygens (including phenoxy) is 2. The third-order valence-electron chi connectivity index (χ3n) is 4.42. The average molecular weight is 390 g/mol. The first-order chi connectivity index (χ1) is 14.2. The molecule has 0 fully saturated rings. The van der Waals surface area contributed by atoms with Gasteiger partial charge in [-0.15, -0.1) is 0 Å². The van der Waals surface area contributed by atoms with Crippen molar-refractivity contribution in [1.82, 2.24) is 29.5 Å². The predicted octanol–water partition coefficient (Wildman–Crippen LogP) is 3.41. The van der Waals surface area contributed by atoms with E-state index < -0.39 is 0 Å². The first kappa shape index (κ1) is 17.2. The summed E-state index contributed by atoms with van der Waals surface area (Å²) in [7, 11) is 0. The number of fused-ring (bicyclic) bond motifs is 2. The van der Waals surface area contributed by atoms with Gasteiger partial charge in [0.25, 0.3) is 0 Å². The summed E-state index contributed by atoms with van der Waals surface area (Å²) >= 11 is 0. The highest BCUT2D eigenvalue weighted by Gasteiger charge is 2.17. The van der Waals surface area contributed by atoms with E-state index >= 15 is 0 Å². The molecule has 0 spiro atoms. The van der Waals surface area contributed by atoms with E-state index in [1.807, 2.05) is 22.8 Å². The molecule has 29 heavy (non-hydrogen) atoms. The molecule has 0 aliphatic carbocycles. The normalized spacial score (nSPS) is 12.5. The van der Waals surface area contributed by atoms with E-state index in [1.165, 1.54) is 0 Å². The summed E-state index contributed by atoms with van der Waals surface area (Å²) < 4.78 is 12.8. The predicted molar refractivity (Wildman–Crippen MR) is 107 cm³/mol. The van der Waals surface area contributed by atoms with Gasteiger partial charge in [0.1, 0.15) is 0 Å². The molecule has 1 aliphatic rings. The van der Waals surface area contributed by atoms with Gasteiger partial charge in [0.05, 0.1) is 12.5 Å². The highest BCUT2D eigenvalue weighted by Crippen LogP contribution is 2.36. The third-order valence-corrected chi connectivity index (χ3v) is 4.42. The van der Waals surface area contributed by atoms with Crippen LogP contribution in [0, 0.1) is 0 Å². The Balaban J connectivity index is 1.57. The largest absolute Gasteiger partial charge is 0.454 e. The van der Waals surface area contributed by atoms with Crippen LogP contribution in [0.1, 0.15) is 19.9 Å². The standard InChI is InChI=1S/C19H18N8O2/c1-11(2)27-9-22-16-17(23-12-3-4-13-14(7-12)29-10-28-13)25-19(26-18(16)27)24-15-8-20-5-6-21-15/h3-9,11H,10H2,1-2H3,(H2,21,23,24,25,26). The summed E-state index contributed by atoms with van der Waals surface area (Å²) in [5.74, 6) is 2.92. The van der Waals surface area contributed by atoms with Crippen molar-refractivity contribution in [2.24, 2.45) is 0 Å². The lowest BCUT2D eigenvalue weighted by Crippen LogP contribution is -2.06. The van der Waals surface area contributed by atoms with Crippen LogP contribution in [0.5, 0.6) is 11.5 Å². The first-order valence-corrected chi connectivity index (χ1v) is 9.11. The second-order valence-corrected chi connectivity index (χ2v) is 6.72. The Morgan fingerprint density at radius 3 is 2.76 bits per heavy atom. The minimum Gasteiger partial charge on any atom is -0.454 e. The summed E-state index contributed by atoms with van der Waals surface area (Å²) in [5.41, 5.74) is 2.18. The molecule has 10 nitrogen and oxygen atoms in total. The van der Waals surface area contributed by atoms with Crippen molar-refractivity contribution >= 4 is 34.4 Å². The molecule has 0 unspecified atom stereocenters. The van der Waals surface area contributed by atoms with E-state index in [-0.39, 0.29) is 12.8 Å². The van der Waals surface area contributed by atoms with Crippen LogP contribution in [0.15, 0.2) is 43.1 Å². The van der Waals surface area contributed by atoms with Crippen molar-refractivity contribution in [1.29, 1.82) is 0 Å². The molecule has 1 aliphatic heterocycles. The fourth-order valence-corrected chi connectivity index (χ4v) is 3.03. The minimum atomic E-state index is 0.192. The number of hydrogen-bond donors (Lipinski definition) is 2. The van der Waals surface area contributed by atoms with Crippen LogP contribution in [0.2, 0.25) is 0 Å². The highest BCUT2D eigenvalue weighted by molar-refractivity contribution is 5.87. The molecule has 4 heterocycles. The fraction of sp³-hybridized carbons (Fsp3) is 0.211. The Kier molecular flexibility index (Phi) is 4.08. The second-order valence-electron chi connectivity index (χ2n) is 6.72. The number of imidazole rings is 1. The van der Waals surface area contributed by atoms with E-state index in [2.05, 4.69) is 49.4 Å². The van der Waals surface area contributed by atoms with Gasteiger partial charge in [-0.1, -0.05) is 0 Å². The van der Waals surface area contributed by atoms with Crippen molar-refractivity contribution in [3.8, 4) is 11.5 Å². The Morgan fingerprint density at radius 1 is 1.03 bits per heavy atom. The van der Waals surface area contributed by atoms with E-state index in [0.29, 0.717) is 34.5 Å². The molecule has 0 atom stereocenters. The number of nitrogens with one attached hydrogen (secondary N) is 2. The van der Waals surface area contributed by atoms with Crippen LogP contribution in [-0.2, 0) is 0 Å². The molecule has 0 bridgehead atoms. The number of benzene rings is 1. The number of rotatable bonds is 5. The van der Waals surface area contributed by atoms with Crippen LogP contribution in [-0.4, -0.2) is 36.3 Å².